The number of nitrogens with zero attached hydrogens (tertiary/aromatic N) is 1. The van der Waals surface area contributed by atoms with E-state index in [1.807, 2.05) is 26.8 Å². The van der Waals surface area contributed by atoms with Gasteiger partial charge in [0.2, 0.25) is 0 Å². The lowest BCUT2D eigenvalue weighted by Crippen LogP contribution is -2.28. The van der Waals surface area contributed by atoms with Gasteiger partial charge in [-0.25, -0.2) is 4.99 Å². The van der Waals surface area contributed by atoms with E-state index in [4.69, 9.17) is 21.1 Å². The SMILES string of the molecule is COC1CC=C(CC(O)OC(C)(C)C)C(Cl)=N1. The monoisotopic (exact) mass is 261 g/mol. The molecule has 1 aliphatic rings. The third kappa shape index (κ3) is 5.17. The number of ether oxygens (including phenoxy) is 2. The van der Waals surface area contributed by atoms with Crippen LogP contribution in [-0.2, 0) is 9.47 Å². The molecule has 17 heavy (non-hydrogen) atoms. The third-order valence-corrected chi connectivity index (χ3v) is 2.58. The Kier molecular flexibility index (Phi) is 5.13. The summed E-state index contributed by atoms with van der Waals surface area (Å²) in [7, 11) is 1.59. The zero-order valence-corrected chi connectivity index (χ0v) is 11.5. The third-order valence-electron chi connectivity index (χ3n) is 2.24. The van der Waals surface area contributed by atoms with Gasteiger partial charge in [-0.1, -0.05) is 17.7 Å². The van der Waals surface area contributed by atoms with Crippen molar-refractivity contribution in [2.24, 2.45) is 4.99 Å². The van der Waals surface area contributed by atoms with Crippen molar-refractivity contribution < 1.29 is 14.6 Å². The normalized spacial score (nSPS) is 23.1. The van der Waals surface area contributed by atoms with Crippen LogP contribution in [0.2, 0.25) is 0 Å². The van der Waals surface area contributed by atoms with Crippen LogP contribution in [0, 0.1) is 0 Å². The molecule has 2 unspecified atom stereocenters. The summed E-state index contributed by atoms with van der Waals surface area (Å²) in [5.41, 5.74) is 0.421. The topological polar surface area (TPSA) is 51.0 Å². The molecule has 0 saturated heterocycles. The minimum absolute atomic E-state index is 0.216. The average molecular weight is 262 g/mol. The summed E-state index contributed by atoms with van der Waals surface area (Å²) in [6.07, 6.45) is 1.86. The number of rotatable bonds is 4. The van der Waals surface area contributed by atoms with Crippen LogP contribution in [0.3, 0.4) is 0 Å². The summed E-state index contributed by atoms with van der Waals surface area (Å²) in [6, 6.07) is 0. The van der Waals surface area contributed by atoms with E-state index >= 15 is 0 Å². The number of hydrogen-bond donors (Lipinski definition) is 1. The highest BCUT2D eigenvalue weighted by molar-refractivity contribution is 6.69. The predicted molar refractivity (Wildman–Crippen MR) is 68.2 cm³/mol. The van der Waals surface area contributed by atoms with Crippen molar-refractivity contribution in [2.45, 2.75) is 51.7 Å². The smallest absolute Gasteiger partial charge is 0.159 e. The van der Waals surface area contributed by atoms with Gasteiger partial charge in [0.15, 0.2) is 12.5 Å². The summed E-state index contributed by atoms with van der Waals surface area (Å²) in [6.45, 7) is 5.67. The Hall–Kier alpha value is -0.420. The minimum atomic E-state index is -0.871. The number of methoxy groups -OCH3 is 1. The van der Waals surface area contributed by atoms with Crippen LogP contribution in [-0.4, -0.2) is 35.5 Å². The molecule has 0 aromatic carbocycles. The number of aliphatic imine (C=N–C) groups is 1. The molecular formula is C12H20ClNO3. The van der Waals surface area contributed by atoms with Crippen molar-refractivity contribution in [1.29, 1.82) is 0 Å². The summed E-state index contributed by atoms with van der Waals surface area (Å²) in [5.74, 6) is 0. The molecular weight excluding hydrogens is 242 g/mol. The highest BCUT2D eigenvalue weighted by Gasteiger charge is 2.21. The van der Waals surface area contributed by atoms with Crippen LogP contribution >= 0.6 is 11.6 Å². The van der Waals surface area contributed by atoms with Crippen LogP contribution in [0.1, 0.15) is 33.6 Å². The molecule has 5 heteroatoms. The van der Waals surface area contributed by atoms with E-state index in [0.717, 1.165) is 5.57 Å². The molecule has 0 radical (unpaired) electrons. The standard InChI is InChI=1S/C12H20ClNO3/c1-12(2,3)17-10(15)7-8-5-6-9(16-4)14-11(8)13/h5,9-10,15H,6-7H2,1-4H3. The van der Waals surface area contributed by atoms with Gasteiger partial charge < -0.3 is 14.6 Å². The van der Waals surface area contributed by atoms with Gasteiger partial charge in [0.05, 0.1) is 5.60 Å². The van der Waals surface area contributed by atoms with Gasteiger partial charge in [0.1, 0.15) is 5.17 Å². The van der Waals surface area contributed by atoms with Crippen molar-refractivity contribution in [3.8, 4) is 0 Å². The molecule has 1 aliphatic heterocycles. The zero-order valence-electron chi connectivity index (χ0n) is 10.7. The minimum Gasteiger partial charge on any atom is -0.368 e. The number of aliphatic hydroxyl groups is 1. The lowest BCUT2D eigenvalue weighted by atomic mass is 10.1. The summed E-state index contributed by atoms with van der Waals surface area (Å²) in [4.78, 5) is 4.16. The van der Waals surface area contributed by atoms with E-state index in [9.17, 15) is 5.11 Å². The largest absolute Gasteiger partial charge is 0.368 e. The van der Waals surface area contributed by atoms with Crippen LogP contribution in [0.15, 0.2) is 16.6 Å². The van der Waals surface area contributed by atoms with E-state index in [1.54, 1.807) is 7.11 Å². The molecule has 2 atom stereocenters. The maximum absolute atomic E-state index is 9.77. The maximum Gasteiger partial charge on any atom is 0.159 e. The van der Waals surface area contributed by atoms with Gasteiger partial charge in [0.25, 0.3) is 0 Å². The van der Waals surface area contributed by atoms with Crippen molar-refractivity contribution in [3.05, 3.63) is 11.6 Å². The molecule has 0 aromatic rings. The molecule has 1 N–H and O–H groups in total. The molecule has 0 bridgehead atoms. The highest BCUT2D eigenvalue weighted by atomic mass is 35.5. The van der Waals surface area contributed by atoms with Gasteiger partial charge in [0, 0.05) is 20.0 Å². The van der Waals surface area contributed by atoms with E-state index in [2.05, 4.69) is 4.99 Å². The fraction of sp³-hybridized carbons (Fsp3) is 0.750. The summed E-state index contributed by atoms with van der Waals surface area (Å²) >= 11 is 6.01. The van der Waals surface area contributed by atoms with E-state index in [0.29, 0.717) is 18.0 Å². The first-order valence-electron chi connectivity index (χ1n) is 5.63. The Labute approximate surface area is 107 Å². The number of aliphatic hydroxyl groups excluding tert-OH is 1. The molecule has 0 spiro atoms. The fourth-order valence-corrected chi connectivity index (χ4v) is 1.81. The van der Waals surface area contributed by atoms with Gasteiger partial charge in [-0.3, -0.25) is 0 Å². The highest BCUT2D eigenvalue weighted by Crippen LogP contribution is 2.22. The second kappa shape index (κ2) is 5.96. The lowest BCUT2D eigenvalue weighted by molar-refractivity contribution is -0.163. The van der Waals surface area contributed by atoms with Crippen molar-refractivity contribution in [3.63, 3.8) is 0 Å². The van der Waals surface area contributed by atoms with E-state index < -0.39 is 6.29 Å². The second-order valence-electron chi connectivity index (χ2n) is 4.96. The van der Waals surface area contributed by atoms with Gasteiger partial charge >= 0.3 is 0 Å². The van der Waals surface area contributed by atoms with Crippen LogP contribution in [0.4, 0.5) is 0 Å². The maximum atomic E-state index is 9.77. The Morgan fingerprint density at radius 3 is 2.71 bits per heavy atom. The molecule has 0 saturated carbocycles. The molecule has 1 rings (SSSR count). The Morgan fingerprint density at radius 1 is 1.59 bits per heavy atom. The second-order valence-corrected chi connectivity index (χ2v) is 5.32. The van der Waals surface area contributed by atoms with E-state index in [-0.39, 0.29) is 11.8 Å². The lowest BCUT2D eigenvalue weighted by Gasteiger charge is -2.25. The van der Waals surface area contributed by atoms with Crippen molar-refractivity contribution in [1.82, 2.24) is 0 Å². The molecule has 1 heterocycles. The summed E-state index contributed by atoms with van der Waals surface area (Å²) < 4.78 is 10.5. The van der Waals surface area contributed by atoms with E-state index in [1.165, 1.54) is 0 Å². The predicted octanol–water partition coefficient (Wildman–Crippen LogP) is 2.45. The van der Waals surface area contributed by atoms with Crippen LogP contribution in [0.5, 0.6) is 0 Å². The quantitative estimate of drug-likeness (QED) is 0.791. The fourth-order valence-electron chi connectivity index (χ4n) is 1.54. The Bertz CT molecular complexity index is 320. The number of dihydropyridines is 1. The van der Waals surface area contributed by atoms with Crippen LogP contribution in [0.25, 0.3) is 0 Å². The Balaban J connectivity index is 2.53. The van der Waals surface area contributed by atoms with Crippen LogP contribution < -0.4 is 0 Å². The zero-order chi connectivity index (χ0) is 13.1. The average Bonchev–Trinajstić information content (AvgIpc) is 2.18. The van der Waals surface area contributed by atoms with Gasteiger partial charge in [-0.15, -0.1) is 0 Å². The van der Waals surface area contributed by atoms with Gasteiger partial charge in [-0.05, 0) is 26.3 Å². The molecule has 0 fully saturated rings. The molecule has 4 nitrogen and oxygen atoms in total. The van der Waals surface area contributed by atoms with Crippen molar-refractivity contribution >= 4 is 16.8 Å². The molecule has 0 amide bonds. The first kappa shape index (κ1) is 14.6. The Morgan fingerprint density at radius 2 is 2.24 bits per heavy atom. The van der Waals surface area contributed by atoms with Gasteiger partial charge in [-0.2, -0.15) is 0 Å². The number of halogens is 1. The first-order chi connectivity index (χ1) is 7.81. The van der Waals surface area contributed by atoms with Crippen molar-refractivity contribution in [2.75, 3.05) is 7.11 Å². The molecule has 0 aliphatic carbocycles. The molecule has 98 valence electrons. The summed E-state index contributed by atoms with van der Waals surface area (Å²) in [5, 5.41) is 10.2. The molecule has 0 aromatic heterocycles. The first-order valence-corrected chi connectivity index (χ1v) is 6.01. The number of hydrogen-bond acceptors (Lipinski definition) is 4.